The molecule has 2 bridgehead atoms. The van der Waals surface area contributed by atoms with E-state index in [-0.39, 0.29) is 5.41 Å². The molecule has 2 nitrogen and oxygen atoms in total. The van der Waals surface area contributed by atoms with E-state index in [1.165, 1.54) is 30.5 Å². The molecule has 0 unspecified atom stereocenters. The fourth-order valence-electron chi connectivity index (χ4n) is 4.11. The van der Waals surface area contributed by atoms with E-state index in [0.29, 0.717) is 17.7 Å². The molecule has 1 heterocycles. The number of likely N-dealkylation sites (tertiary alicyclic amines) is 1. The van der Waals surface area contributed by atoms with Crippen LogP contribution < -0.4 is 0 Å². The number of likely N-dealkylation sites (N-methyl/N-ethyl adjacent to an activating group) is 1. The van der Waals surface area contributed by atoms with Crippen LogP contribution in [0.4, 0.5) is 0 Å². The van der Waals surface area contributed by atoms with E-state index in [1.807, 2.05) is 12.1 Å². The molecule has 1 aliphatic carbocycles. The van der Waals surface area contributed by atoms with Crippen LogP contribution in [0.1, 0.15) is 37.8 Å². The highest BCUT2D eigenvalue weighted by Crippen LogP contribution is 2.48. The number of fused-ring (bicyclic) bond motifs is 4. The maximum absolute atomic E-state index is 9.80. The van der Waals surface area contributed by atoms with Crippen LogP contribution in [-0.4, -0.2) is 29.6 Å². The van der Waals surface area contributed by atoms with E-state index < -0.39 is 0 Å². The number of phenols is 1. The molecule has 2 aliphatic rings. The first-order chi connectivity index (χ1) is 8.52. The second kappa shape index (κ2) is 3.99. The van der Waals surface area contributed by atoms with Gasteiger partial charge in [-0.25, -0.2) is 0 Å². The summed E-state index contributed by atoms with van der Waals surface area (Å²) >= 11 is 0. The number of rotatable bonds is 0. The normalized spacial score (nSPS) is 35.9. The van der Waals surface area contributed by atoms with Crippen LogP contribution in [0.2, 0.25) is 0 Å². The lowest BCUT2D eigenvalue weighted by atomic mass is 9.61. The largest absolute Gasteiger partial charge is 0.508 e. The molecule has 18 heavy (non-hydrogen) atoms. The maximum Gasteiger partial charge on any atom is 0.115 e. The van der Waals surface area contributed by atoms with Crippen molar-refractivity contribution in [1.29, 1.82) is 0 Å². The number of phenolic OH excluding ortho intramolecular Hbond substituents is 1. The lowest BCUT2D eigenvalue weighted by molar-refractivity contribution is 0.143. The first kappa shape index (κ1) is 12.0. The van der Waals surface area contributed by atoms with Crippen LogP contribution in [0.15, 0.2) is 18.2 Å². The zero-order valence-electron chi connectivity index (χ0n) is 11.6. The summed E-state index contributed by atoms with van der Waals surface area (Å²) in [5.74, 6) is 1.07. The predicted molar refractivity (Wildman–Crippen MR) is 74.0 cm³/mol. The van der Waals surface area contributed by atoms with Gasteiger partial charge >= 0.3 is 0 Å². The van der Waals surface area contributed by atoms with Gasteiger partial charge in [0, 0.05) is 6.04 Å². The maximum atomic E-state index is 9.80. The Morgan fingerprint density at radius 2 is 2.17 bits per heavy atom. The SMILES string of the molecule is C[C@H]1[C@@H]2Cc3ccc(O)cc3[C@@]1(C)CCCN2C. The Morgan fingerprint density at radius 1 is 1.39 bits per heavy atom. The van der Waals surface area contributed by atoms with Gasteiger partial charge in [0.1, 0.15) is 5.75 Å². The Labute approximate surface area is 110 Å². The first-order valence-electron chi connectivity index (χ1n) is 7.05. The molecule has 98 valence electrons. The molecule has 1 fully saturated rings. The summed E-state index contributed by atoms with van der Waals surface area (Å²) in [7, 11) is 2.26. The molecule has 3 rings (SSSR count). The van der Waals surface area contributed by atoms with Crippen molar-refractivity contribution in [3.63, 3.8) is 0 Å². The molecule has 1 aromatic rings. The summed E-state index contributed by atoms with van der Waals surface area (Å²) in [5.41, 5.74) is 3.05. The van der Waals surface area contributed by atoms with E-state index in [1.54, 1.807) is 0 Å². The average molecular weight is 245 g/mol. The van der Waals surface area contributed by atoms with Gasteiger partial charge in [-0.3, -0.25) is 0 Å². The fraction of sp³-hybridized carbons (Fsp3) is 0.625. The molecule has 1 aliphatic heterocycles. The van der Waals surface area contributed by atoms with Gasteiger partial charge in [-0.2, -0.15) is 0 Å². The van der Waals surface area contributed by atoms with E-state index in [2.05, 4.69) is 31.9 Å². The van der Waals surface area contributed by atoms with Gasteiger partial charge in [-0.15, -0.1) is 0 Å². The van der Waals surface area contributed by atoms with Crippen LogP contribution in [0.25, 0.3) is 0 Å². The summed E-state index contributed by atoms with van der Waals surface area (Å²) in [6.07, 6.45) is 3.61. The van der Waals surface area contributed by atoms with Crippen LogP contribution in [0, 0.1) is 5.92 Å². The molecule has 0 spiro atoms. The Hall–Kier alpha value is -1.02. The number of benzene rings is 1. The minimum absolute atomic E-state index is 0.224. The van der Waals surface area contributed by atoms with E-state index in [0.717, 1.165) is 6.42 Å². The second-order valence-corrected chi connectivity index (χ2v) is 6.40. The number of hydrogen-bond donors (Lipinski definition) is 1. The molecular weight excluding hydrogens is 222 g/mol. The second-order valence-electron chi connectivity index (χ2n) is 6.40. The molecule has 1 saturated heterocycles. The van der Waals surface area contributed by atoms with Gasteiger partial charge in [-0.05, 0) is 67.4 Å². The van der Waals surface area contributed by atoms with Crippen molar-refractivity contribution in [2.75, 3.05) is 13.6 Å². The third-order valence-corrected chi connectivity index (χ3v) is 5.49. The van der Waals surface area contributed by atoms with Crippen LogP contribution in [0.5, 0.6) is 5.75 Å². The average Bonchev–Trinajstić information content (AvgIpc) is 2.41. The molecule has 2 heteroatoms. The molecule has 1 N–H and O–H groups in total. The smallest absolute Gasteiger partial charge is 0.115 e. The highest BCUT2D eigenvalue weighted by molar-refractivity contribution is 5.43. The van der Waals surface area contributed by atoms with Gasteiger partial charge in [0.05, 0.1) is 0 Å². The Kier molecular flexibility index (Phi) is 2.67. The molecule has 3 atom stereocenters. The third-order valence-electron chi connectivity index (χ3n) is 5.49. The van der Waals surface area contributed by atoms with Gasteiger partial charge in [-0.1, -0.05) is 19.9 Å². The molecule has 1 aromatic carbocycles. The lowest BCUT2D eigenvalue weighted by Crippen LogP contribution is -2.48. The quantitative estimate of drug-likeness (QED) is 0.759. The number of nitrogens with zero attached hydrogens (tertiary/aromatic N) is 1. The topological polar surface area (TPSA) is 23.5 Å². The van der Waals surface area contributed by atoms with Crippen LogP contribution >= 0.6 is 0 Å². The summed E-state index contributed by atoms with van der Waals surface area (Å²) in [5, 5.41) is 9.80. The highest BCUT2D eigenvalue weighted by atomic mass is 16.3. The molecule has 0 aromatic heterocycles. The van der Waals surface area contributed by atoms with E-state index >= 15 is 0 Å². The summed E-state index contributed by atoms with van der Waals surface area (Å²) < 4.78 is 0. The summed E-state index contributed by atoms with van der Waals surface area (Å²) in [6, 6.07) is 6.62. The van der Waals surface area contributed by atoms with Gasteiger partial charge in [0.15, 0.2) is 0 Å². The molecular formula is C16H23NO. The third kappa shape index (κ3) is 1.58. The molecule has 0 amide bonds. The minimum atomic E-state index is 0.224. The monoisotopic (exact) mass is 245 g/mol. The van der Waals surface area contributed by atoms with E-state index in [9.17, 15) is 5.11 Å². The lowest BCUT2D eigenvalue weighted by Gasteiger charge is -2.46. The zero-order chi connectivity index (χ0) is 12.9. The Balaban J connectivity index is 2.16. The van der Waals surface area contributed by atoms with Crippen molar-refractivity contribution in [2.24, 2.45) is 5.92 Å². The van der Waals surface area contributed by atoms with Crippen molar-refractivity contribution in [3.8, 4) is 5.75 Å². The zero-order valence-corrected chi connectivity index (χ0v) is 11.6. The van der Waals surface area contributed by atoms with Crippen molar-refractivity contribution >= 4 is 0 Å². The van der Waals surface area contributed by atoms with E-state index in [4.69, 9.17) is 0 Å². The predicted octanol–water partition coefficient (Wildman–Crippen LogP) is 2.94. The molecule has 0 radical (unpaired) electrons. The van der Waals surface area contributed by atoms with Gasteiger partial charge in [0.2, 0.25) is 0 Å². The minimum Gasteiger partial charge on any atom is -0.508 e. The summed E-state index contributed by atoms with van der Waals surface area (Å²) in [6.45, 7) is 5.98. The Bertz CT molecular complexity index is 470. The van der Waals surface area contributed by atoms with Crippen LogP contribution in [-0.2, 0) is 11.8 Å². The van der Waals surface area contributed by atoms with Crippen LogP contribution in [0.3, 0.4) is 0 Å². The van der Waals surface area contributed by atoms with Crippen molar-refractivity contribution in [3.05, 3.63) is 29.3 Å². The fourth-order valence-corrected chi connectivity index (χ4v) is 4.11. The summed E-state index contributed by atoms with van der Waals surface area (Å²) in [4.78, 5) is 2.53. The van der Waals surface area contributed by atoms with Gasteiger partial charge < -0.3 is 10.0 Å². The van der Waals surface area contributed by atoms with Crippen molar-refractivity contribution in [2.45, 2.75) is 44.6 Å². The van der Waals surface area contributed by atoms with Gasteiger partial charge in [0.25, 0.3) is 0 Å². The number of aromatic hydroxyl groups is 1. The highest BCUT2D eigenvalue weighted by Gasteiger charge is 2.45. The standard InChI is InChI=1S/C16H23NO/c1-11-15-9-12-5-6-13(18)10-14(12)16(11,2)7-4-8-17(15)3/h5-6,10-11,15,18H,4,7-9H2,1-3H3/t11-,15-,16-/m0/s1. The Morgan fingerprint density at radius 3 is 2.94 bits per heavy atom. The van der Waals surface area contributed by atoms with Crippen molar-refractivity contribution in [1.82, 2.24) is 4.90 Å². The van der Waals surface area contributed by atoms with Crippen molar-refractivity contribution < 1.29 is 5.11 Å². The number of hydrogen-bond acceptors (Lipinski definition) is 2. The molecule has 0 saturated carbocycles. The first-order valence-corrected chi connectivity index (χ1v) is 7.05.